The molecule has 0 unspecified atom stereocenters. The zero-order chi connectivity index (χ0) is 30.0. The van der Waals surface area contributed by atoms with Gasteiger partial charge in [0.2, 0.25) is 21.8 Å². The number of nitrogens with one attached hydrogen (secondary N) is 1. The third-order valence-corrected chi connectivity index (χ3v) is 9.59. The lowest BCUT2D eigenvalue weighted by Crippen LogP contribution is -2.50. The molecule has 224 valence electrons. The lowest BCUT2D eigenvalue weighted by Gasteiger charge is -2.31. The number of sulfonamides is 1. The Labute approximate surface area is 253 Å². The summed E-state index contributed by atoms with van der Waals surface area (Å²) in [6, 6.07) is 22.7. The molecule has 8 nitrogen and oxygen atoms in total. The summed E-state index contributed by atoms with van der Waals surface area (Å²) < 4.78 is 27.3. The summed E-state index contributed by atoms with van der Waals surface area (Å²) in [6.07, 6.45) is 3.02. The Bertz CT molecular complexity index is 1410. The minimum absolute atomic E-state index is 0.0465. The van der Waals surface area contributed by atoms with Crippen LogP contribution in [0, 0.1) is 0 Å². The van der Waals surface area contributed by atoms with Crippen molar-refractivity contribution in [2.24, 2.45) is 0 Å². The first-order valence-electron chi connectivity index (χ1n) is 14.3. The molecule has 42 heavy (non-hydrogen) atoms. The molecule has 1 heterocycles. The molecule has 1 aliphatic heterocycles. The summed E-state index contributed by atoms with van der Waals surface area (Å²) in [4.78, 5) is 29.2. The number of aryl methyl sites for hydroxylation is 1. The number of nitrogens with zero attached hydrogens (tertiary/aromatic N) is 2. The number of amides is 2. The first-order valence-corrected chi connectivity index (χ1v) is 16.2. The lowest BCUT2D eigenvalue weighted by atomic mass is 10.0. The Hall–Kier alpha value is -3.24. The highest BCUT2D eigenvalue weighted by atomic mass is 35.5. The molecule has 1 atom stereocenters. The Morgan fingerprint density at radius 1 is 0.905 bits per heavy atom. The first-order chi connectivity index (χ1) is 20.3. The van der Waals surface area contributed by atoms with Crippen LogP contribution in [0.2, 0.25) is 5.02 Å². The molecule has 2 N–H and O–H groups in total. The van der Waals surface area contributed by atoms with Crippen LogP contribution in [0.15, 0.2) is 83.8 Å². The maximum Gasteiger partial charge on any atom is 0.243 e. The Morgan fingerprint density at radius 2 is 1.55 bits per heavy atom. The van der Waals surface area contributed by atoms with E-state index >= 15 is 0 Å². The fourth-order valence-electron chi connectivity index (χ4n) is 5.05. The normalized spacial score (nSPS) is 14.4. The molecule has 10 heteroatoms. The zero-order valence-corrected chi connectivity index (χ0v) is 25.2. The number of carbonyl (C=O) groups is 2. The number of carbonyl (C=O) groups excluding carboxylic acids is 2. The second-order valence-corrected chi connectivity index (χ2v) is 12.9. The van der Waals surface area contributed by atoms with Crippen molar-refractivity contribution in [3.05, 3.63) is 101 Å². The van der Waals surface area contributed by atoms with Gasteiger partial charge in [-0.2, -0.15) is 4.31 Å². The van der Waals surface area contributed by atoms with E-state index in [4.69, 9.17) is 11.6 Å². The average Bonchev–Trinajstić information content (AvgIpc) is 3.56. The molecule has 0 aliphatic carbocycles. The Morgan fingerprint density at radius 3 is 2.19 bits per heavy atom. The van der Waals surface area contributed by atoms with E-state index in [0.29, 0.717) is 43.9 Å². The summed E-state index contributed by atoms with van der Waals surface area (Å²) >= 11 is 6.09. The molecule has 0 saturated carbocycles. The Kier molecular flexibility index (Phi) is 11.5. The van der Waals surface area contributed by atoms with Gasteiger partial charge in [0.1, 0.15) is 6.04 Å². The van der Waals surface area contributed by atoms with Crippen molar-refractivity contribution in [1.82, 2.24) is 14.5 Å². The van der Waals surface area contributed by atoms with Gasteiger partial charge in [0.05, 0.1) is 4.90 Å². The third-order valence-electron chi connectivity index (χ3n) is 7.43. The minimum Gasteiger partial charge on any atom is -0.396 e. The van der Waals surface area contributed by atoms with Gasteiger partial charge >= 0.3 is 0 Å². The molecule has 1 fully saturated rings. The van der Waals surface area contributed by atoms with E-state index in [1.54, 1.807) is 41.3 Å². The largest absolute Gasteiger partial charge is 0.396 e. The molecule has 0 spiro atoms. The summed E-state index contributed by atoms with van der Waals surface area (Å²) in [5, 5.41) is 12.7. The van der Waals surface area contributed by atoms with E-state index in [9.17, 15) is 23.1 Å². The number of rotatable bonds is 14. The number of hydrogen-bond acceptors (Lipinski definition) is 5. The number of aliphatic hydroxyl groups is 1. The SMILES string of the molecule is O=C(NCCCO)[C@@H](Cc1ccccc1)N(Cc1ccc(Cl)cc1)C(=O)CCc1ccc(S(=O)(=O)N2CCCC2)cc1. The average molecular weight is 612 g/mol. The highest BCUT2D eigenvalue weighted by Gasteiger charge is 2.30. The Balaban J connectivity index is 1.54. The van der Waals surface area contributed by atoms with Crippen LogP contribution in [-0.2, 0) is 39.0 Å². The maximum absolute atomic E-state index is 13.8. The van der Waals surface area contributed by atoms with E-state index in [-0.39, 0.29) is 36.3 Å². The third kappa shape index (κ3) is 8.64. The molecule has 0 bridgehead atoms. The van der Waals surface area contributed by atoms with Crippen LogP contribution in [0.25, 0.3) is 0 Å². The monoisotopic (exact) mass is 611 g/mol. The second kappa shape index (κ2) is 15.3. The van der Waals surface area contributed by atoms with E-state index in [0.717, 1.165) is 29.5 Å². The van der Waals surface area contributed by atoms with Gasteiger partial charge in [-0.1, -0.05) is 66.2 Å². The molecule has 0 aromatic heterocycles. The van der Waals surface area contributed by atoms with Crippen LogP contribution in [0.1, 0.15) is 42.4 Å². The molecule has 0 radical (unpaired) electrons. The summed E-state index contributed by atoms with van der Waals surface area (Å²) in [5.74, 6) is -0.483. The number of halogens is 1. The van der Waals surface area contributed by atoms with Crippen molar-refractivity contribution >= 4 is 33.4 Å². The fourth-order valence-corrected chi connectivity index (χ4v) is 6.69. The molecule has 4 rings (SSSR count). The van der Waals surface area contributed by atoms with Gasteiger partial charge in [-0.25, -0.2) is 8.42 Å². The quantitative estimate of drug-likeness (QED) is 0.266. The van der Waals surface area contributed by atoms with Gasteiger partial charge in [-0.3, -0.25) is 9.59 Å². The smallest absolute Gasteiger partial charge is 0.243 e. The first kappa shape index (κ1) is 31.7. The van der Waals surface area contributed by atoms with Crippen LogP contribution < -0.4 is 5.32 Å². The van der Waals surface area contributed by atoms with Crippen LogP contribution in [0.3, 0.4) is 0 Å². The molecule has 2 amide bonds. The van der Waals surface area contributed by atoms with E-state index in [2.05, 4.69) is 5.32 Å². The van der Waals surface area contributed by atoms with Crippen LogP contribution in [-0.4, -0.2) is 66.8 Å². The van der Waals surface area contributed by atoms with Gasteiger partial charge in [0.25, 0.3) is 0 Å². The molecule has 1 saturated heterocycles. The van der Waals surface area contributed by atoms with Gasteiger partial charge in [0.15, 0.2) is 0 Å². The van der Waals surface area contributed by atoms with Gasteiger partial charge in [-0.15, -0.1) is 0 Å². The number of hydrogen-bond donors (Lipinski definition) is 2. The predicted octanol–water partition coefficient (Wildman–Crippen LogP) is 4.20. The van der Waals surface area contributed by atoms with Crippen molar-refractivity contribution in [3.8, 4) is 0 Å². The second-order valence-electron chi connectivity index (χ2n) is 10.5. The highest BCUT2D eigenvalue weighted by molar-refractivity contribution is 7.89. The van der Waals surface area contributed by atoms with Crippen molar-refractivity contribution in [2.75, 3.05) is 26.2 Å². The van der Waals surface area contributed by atoms with Crippen molar-refractivity contribution < 1.29 is 23.1 Å². The summed E-state index contributed by atoms with van der Waals surface area (Å²) in [5.41, 5.74) is 2.59. The van der Waals surface area contributed by atoms with Gasteiger partial charge < -0.3 is 15.3 Å². The molecule has 3 aromatic carbocycles. The van der Waals surface area contributed by atoms with E-state index in [1.165, 1.54) is 4.31 Å². The molecular formula is C32H38ClN3O5S. The van der Waals surface area contributed by atoms with E-state index in [1.807, 2.05) is 42.5 Å². The zero-order valence-electron chi connectivity index (χ0n) is 23.6. The predicted molar refractivity (Wildman–Crippen MR) is 163 cm³/mol. The van der Waals surface area contributed by atoms with Crippen molar-refractivity contribution in [1.29, 1.82) is 0 Å². The highest BCUT2D eigenvalue weighted by Crippen LogP contribution is 2.22. The lowest BCUT2D eigenvalue weighted by molar-refractivity contribution is -0.141. The molecule has 1 aliphatic rings. The minimum atomic E-state index is -3.51. The number of benzene rings is 3. The summed E-state index contributed by atoms with van der Waals surface area (Å²) in [6.45, 7) is 1.55. The van der Waals surface area contributed by atoms with Crippen LogP contribution in [0.4, 0.5) is 0 Å². The molecule has 3 aromatic rings. The molecular weight excluding hydrogens is 574 g/mol. The summed E-state index contributed by atoms with van der Waals surface area (Å²) in [7, 11) is -3.51. The number of aliphatic hydroxyl groups excluding tert-OH is 1. The van der Waals surface area contributed by atoms with Gasteiger partial charge in [0, 0.05) is 50.7 Å². The van der Waals surface area contributed by atoms with Crippen LogP contribution in [0.5, 0.6) is 0 Å². The standard InChI is InChI=1S/C32H38ClN3O5S/c33-28-14-9-27(10-15-28)24-36(30(32(39)34-19-6-22-37)23-26-7-2-1-3-8-26)31(38)18-13-25-11-16-29(17-12-25)42(40,41)35-20-4-5-21-35/h1-3,7-12,14-17,30,37H,4-6,13,18-24H2,(H,34,39)/t30-/m1/s1. The topological polar surface area (TPSA) is 107 Å². The fraction of sp³-hybridized carbons (Fsp3) is 0.375. The van der Waals surface area contributed by atoms with E-state index < -0.39 is 16.1 Å². The maximum atomic E-state index is 13.8. The van der Waals surface area contributed by atoms with Crippen LogP contribution >= 0.6 is 11.6 Å². The van der Waals surface area contributed by atoms with Crippen molar-refractivity contribution in [3.63, 3.8) is 0 Å². The van der Waals surface area contributed by atoms with Crippen molar-refractivity contribution in [2.45, 2.75) is 56.0 Å². The van der Waals surface area contributed by atoms with Gasteiger partial charge in [-0.05, 0) is 66.6 Å².